The predicted octanol–water partition coefficient (Wildman–Crippen LogP) is 1.50. The number of nitrogens with zero attached hydrogens (tertiary/aromatic N) is 1. The van der Waals surface area contributed by atoms with E-state index in [1.807, 2.05) is 5.32 Å². The van der Waals surface area contributed by atoms with Gasteiger partial charge in [0, 0.05) is 11.3 Å². The van der Waals surface area contributed by atoms with Crippen LogP contribution < -0.4 is 15.0 Å². The van der Waals surface area contributed by atoms with Crippen LogP contribution in [0.3, 0.4) is 0 Å². The van der Waals surface area contributed by atoms with Crippen molar-refractivity contribution in [2.75, 3.05) is 18.6 Å². The van der Waals surface area contributed by atoms with Gasteiger partial charge in [0.15, 0.2) is 6.04 Å². The monoisotopic (exact) mass is 345 g/mol. The van der Waals surface area contributed by atoms with Gasteiger partial charge in [0.05, 0.1) is 25.8 Å². The largest absolute Gasteiger partial charge is 0.497 e. The number of aryl methyl sites for hydroxylation is 1. The quantitative estimate of drug-likeness (QED) is 0.807. The number of ether oxygens (including phenoxy) is 1. The Kier molecular flexibility index (Phi) is 4.97. The molecule has 1 aromatic carbocycles. The van der Waals surface area contributed by atoms with Gasteiger partial charge in [0.25, 0.3) is 5.91 Å². The highest BCUT2D eigenvalue weighted by atomic mass is 32.1. The maximum absolute atomic E-state index is 12.6. The van der Waals surface area contributed by atoms with E-state index in [0.29, 0.717) is 11.4 Å². The second kappa shape index (κ2) is 7.15. The van der Waals surface area contributed by atoms with Gasteiger partial charge in [0.2, 0.25) is 5.91 Å². The third-order valence-electron chi connectivity index (χ3n) is 4.30. The number of quaternary nitrogens is 1. The van der Waals surface area contributed by atoms with Gasteiger partial charge in [-0.05, 0) is 48.2 Å². The average molecular weight is 345 g/mol. The minimum absolute atomic E-state index is 0.131. The molecule has 126 valence electrons. The summed E-state index contributed by atoms with van der Waals surface area (Å²) in [6.07, 6.45) is 1.18. The molecule has 0 bridgehead atoms. The maximum Gasteiger partial charge on any atom is 0.292 e. The summed E-state index contributed by atoms with van der Waals surface area (Å²) in [6, 6.07) is 8.78. The fraction of sp³-hybridized carbons (Fsp3) is 0.333. The van der Waals surface area contributed by atoms with Gasteiger partial charge in [-0.1, -0.05) is 0 Å². The minimum Gasteiger partial charge on any atom is -0.497 e. The zero-order valence-electron chi connectivity index (χ0n) is 13.8. The van der Waals surface area contributed by atoms with E-state index in [9.17, 15) is 9.59 Å². The van der Waals surface area contributed by atoms with E-state index < -0.39 is 0 Å². The van der Waals surface area contributed by atoms with Crippen LogP contribution in [0.5, 0.6) is 5.75 Å². The summed E-state index contributed by atoms with van der Waals surface area (Å²) in [5.41, 5.74) is 1.90. The number of methoxy groups -OCH3 is 1. The van der Waals surface area contributed by atoms with Gasteiger partial charge in [-0.25, -0.2) is 4.90 Å². The molecule has 1 atom stereocenters. The molecule has 2 N–H and O–H groups in total. The Bertz CT molecular complexity index is 739. The highest BCUT2D eigenvalue weighted by molar-refractivity contribution is 7.10. The molecular weight excluding hydrogens is 324 g/mol. The van der Waals surface area contributed by atoms with Crippen molar-refractivity contribution in [3.63, 3.8) is 0 Å². The first-order valence-corrected chi connectivity index (χ1v) is 8.85. The third-order valence-corrected chi connectivity index (χ3v) is 5.39. The molecule has 3 rings (SSSR count). The van der Waals surface area contributed by atoms with Crippen LogP contribution in [0, 0.1) is 6.92 Å². The van der Waals surface area contributed by atoms with Gasteiger partial charge in [-0.3, -0.25) is 9.59 Å². The third kappa shape index (κ3) is 3.34. The molecule has 0 saturated carbocycles. The smallest absolute Gasteiger partial charge is 0.292 e. The summed E-state index contributed by atoms with van der Waals surface area (Å²) in [5.74, 6) is 0.430. The number of hydrogen-bond donors (Lipinski definition) is 1. The van der Waals surface area contributed by atoms with Crippen LogP contribution in [0.4, 0.5) is 5.69 Å². The number of imide groups is 1. The molecule has 1 fully saturated rings. The predicted molar refractivity (Wildman–Crippen MR) is 93.4 cm³/mol. The van der Waals surface area contributed by atoms with Crippen molar-refractivity contribution < 1.29 is 19.6 Å². The lowest BCUT2D eigenvalue weighted by Gasteiger charge is -2.14. The lowest BCUT2D eigenvalue weighted by atomic mass is 10.2. The molecule has 0 aliphatic carbocycles. The molecule has 2 heterocycles. The van der Waals surface area contributed by atoms with Crippen LogP contribution in [0.15, 0.2) is 35.7 Å². The molecule has 1 aliphatic heterocycles. The van der Waals surface area contributed by atoms with Gasteiger partial charge >= 0.3 is 0 Å². The van der Waals surface area contributed by atoms with Crippen LogP contribution >= 0.6 is 11.3 Å². The molecule has 2 amide bonds. The summed E-state index contributed by atoms with van der Waals surface area (Å²) >= 11 is 1.74. The fourth-order valence-corrected chi connectivity index (χ4v) is 3.84. The van der Waals surface area contributed by atoms with E-state index in [2.05, 4.69) is 18.4 Å². The Morgan fingerprint density at radius 3 is 2.62 bits per heavy atom. The van der Waals surface area contributed by atoms with E-state index in [0.717, 1.165) is 13.0 Å². The molecule has 1 saturated heterocycles. The zero-order valence-corrected chi connectivity index (χ0v) is 14.6. The van der Waals surface area contributed by atoms with Gasteiger partial charge in [0.1, 0.15) is 5.75 Å². The summed E-state index contributed by atoms with van der Waals surface area (Å²) < 4.78 is 5.11. The Hall–Kier alpha value is -2.18. The normalized spacial score (nSPS) is 17.6. The van der Waals surface area contributed by atoms with E-state index in [1.165, 1.54) is 15.3 Å². The zero-order chi connectivity index (χ0) is 17.1. The summed E-state index contributed by atoms with van der Waals surface area (Å²) in [6.45, 7) is 2.91. The van der Waals surface area contributed by atoms with E-state index in [-0.39, 0.29) is 24.3 Å². The molecule has 5 nitrogen and oxygen atoms in total. The molecule has 6 heteroatoms. The van der Waals surface area contributed by atoms with Crippen molar-refractivity contribution in [1.29, 1.82) is 0 Å². The number of hydrogen-bond acceptors (Lipinski definition) is 4. The second-order valence-corrected chi connectivity index (χ2v) is 6.88. The number of amides is 2. The summed E-state index contributed by atoms with van der Waals surface area (Å²) in [4.78, 5) is 27.5. The SMILES string of the molecule is COc1ccc(N2C(=O)C[C@@H]([NH2+]CCc3sccc3C)C2=O)cc1. The van der Waals surface area contributed by atoms with Crippen molar-refractivity contribution in [3.05, 3.63) is 46.2 Å². The Morgan fingerprint density at radius 1 is 1.25 bits per heavy atom. The molecule has 0 radical (unpaired) electrons. The first-order chi connectivity index (χ1) is 11.6. The number of carbonyl (C=O) groups is 2. The summed E-state index contributed by atoms with van der Waals surface area (Å²) in [5, 5.41) is 4.07. The van der Waals surface area contributed by atoms with Crippen molar-refractivity contribution in [2.45, 2.75) is 25.8 Å². The number of nitrogens with two attached hydrogens (primary N) is 1. The standard InChI is InChI=1S/C18H20N2O3S/c1-12-8-10-24-16(12)7-9-19-15-11-17(21)20(18(15)22)13-3-5-14(23-2)6-4-13/h3-6,8,10,15,19H,7,9,11H2,1-2H3/p+1/t15-/m1/s1. The number of rotatable bonds is 6. The van der Waals surface area contributed by atoms with E-state index in [4.69, 9.17) is 4.74 Å². The Morgan fingerprint density at radius 2 is 2.00 bits per heavy atom. The average Bonchev–Trinajstić information content (AvgIpc) is 3.11. The minimum atomic E-state index is -0.320. The number of benzene rings is 1. The van der Waals surface area contributed by atoms with Crippen molar-refractivity contribution in [3.8, 4) is 5.75 Å². The Balaban J connectivity index is 1.62. The Labute approximate surface area is 145 Å². The highest BCUT2D eigenvalue weighted by Crippen LogP contribution is 2.24. The first-order valence-electron chi connectivity index (χ1n) is 7.97. The molecule has 24 heavy (non-hydrogen) atoms. The molecule has 2 aromatic rings. The van der Waals surface area contributed by atoms with Crippen LogP contribution in [0.25, 0.3) is 0 Å². The van der Waals surface area contributed by atoms with E-state index in [1.54, 1.807) is 42.7 Å². The summed E-state index contributed by atoms with van der Waals surface area (Å²) in [7, 11) is 1.58. The number of carbonyl (C=O) groups excluding carboxylic acids is 2. The highest BCUT2D eigenvalue weighted by Gasteiger charge is 2.42. The topological polar surface area (TPSA) is 63.2 Å². The van der Waals surface area contributed by atoms with Crippen molar-refractivity contribution in [2.24, 2.45) is 0 Å². The lowest BCUT2D eigenvalue weighted by molar-refractivity contribution is -0.674. The lowest BCUT2D eigenvalue weighted by Crippen LogP contribution is -2.92. The van der Waals surface area contributed by atoms with Crippen LogP contribution in [0.2, 0.25) is 0 Å². The number of thiophene rings is 1. The van der Waals surface area contributed by atoms with Crippen LogP contribution in [-0.4, -0.2) is 31.5 Å². The molecule has 1 aliphatic rings. The molecular formula is C18H21N2O3S+. The first kappa shape index (κ1) is 16.7. The van der Waals surface area contributed by atoms with Crippen molar-refractivity contribution >= 4 is 28.8 Å². The van der Waals surface area contributed by atoms with Crippen LogP contribution in [0.1, 0.15) is 16.9 Å². The van der Waals surface area contributed by atoms with Gasteiger partial charge in [-0.2, -0.15) is 0 Å². The van der Waals surface area contributed by atoms with E-state index >= 15 is 0 Å². The number of anilines is 1. The maximum atomic E-state index is 12.6. The van der Waals surface area contributed by atoms with Gasteiger partial charge < -0.3 is 10.1 Å². The fourth-order valence-electron chi connectivity index (χ4n) is 2.92. The molecule has 1 aromatic heterocycles. The second-order valence-electron chi connectivity index (χ2n) is 5.88. The molecule has 0 spiro atoms. The molecule has 0 unspecified atom stereocenters. The van der Waals surface area contributed by atoms with Gasteiger partial charge in [-0.15, -0.1) is 11.3 Å². The van der Waals surface area contributed by atoms with Crippen LogP contribution in [-0.2, 0) is 16.0 Å². The van der Waals surface area contributed by atoms with Crippen molar-refractivity contribution in [1.82, 2.24) is 0 Å².